The molecule has 7 fully saturated rings. The van der Waals surface area contributed by atoms with E-state index in [0.717, 1.165) is 13.8 Å². The van der Waals surface area contributed by atoms with E-state index in [-0.39, 0.29) is 0 Å². The van der Waals surface area contributed by atoms with Gasteiger partial charge in [0.25, 0.3) is 0 Å². The molecule has 7 rings (SSSR count). The summed E-state index contributed by atoms with van der Waals surface area (Å²) in [4.78, 5) is 61.3. The number of hydrogen-bond donors (Lipinski definition) is 23. The number of amides is 2. The molecule has 7 aliphatic heterocycles. The zero-order valence-electron chi connectivity index (χ0n) is 47.2. The molecule has 7 saturated heterocycles. The monoisotopic (exact) mass is 1320 g/mol. The number of nitrogens with one attached hydrogen (secondary N) is 2. The topological polar surface area (TPSA) is 669 Å². The van der Waals surface area contributed by atoms with Crippen molar-refractivity contribution in [3.05, 3.63) is 0 Å². The molecule has 90 heavy (non-hydrogen) atoms. The number of carbonyl (C=O) groups is 5. The molecule has 0 aliphatic carbocycles. The first-order valence-electron chi connectivity index (χ1n) is 27.7. The zero-order valence-corrected chi connectivity index (χ0v) is 47.2. The minimum absolute atomic E-state index is 0.625. The highest BCUT2D eigenvalue weighted by molar-refractivity contribution is 5.75. The molecule has 7 aliphatic rings. The normalized spacial score (nSPS) is 47.2. The standard InChI is InChI=1S/C48H77N3O39/c1-9(56)50-17-23(62)19(58)12(3-52)79-42(17)87-35-25(64)28(67)45(89-37(35)40(73)74)84-32-15(6-55)82-43(18(24(32)63)51-10(2)57)88-36-26(65)29(68)46(90-38(36)41(75)76)85-34-22(61)14(5-54)81-48(31(34)70)86-33-21(60)13(4-53)80-47(30(33)69)83-16-8-78-44(27(66)20(16)59)77-7-11(49)39(71)72/h11-38,42-48,52-55,58-70H,3-8,49H2,1-2H3,(H,50,56)(H,51,57)(H,71,72)(H,73,74)(H,75,76)/t11-,12+,13+,14+,15+,16+,17+,18+,19+,20-,21-,22-,23+,24+,25+,26+,27+,28+,29+,30+,31+,32+,33-,34-,35-,36-,37-,38-,42+,43+,44+,45+,46+,47-,48-/m0/s1. The highest BCUT2D eigenvalue weighted by atomic mass is 16.8. The maximum atomic E-state index is 12.9. The molecule has 0 unspecified atom stereocenters. The van der Waals surface area contributed by atoms with Gasteiger partial charge in [-0.2, -0.15) is 0 Å². The van der Waals surface area contributed by atoms with Crippen molar-refractivity contribution in [1.82, 2.24) is 10.6 Å². The molecule has 0 spiro atoms. The minimum Gasteiger partial charge on any atom is -0.480 e. The predicted molar refractivity (Wildman–Crippen MR) is 269 cm³/mol. The highest BCUT2D eigenvalue weighted by Crippen LogP contribution is 2.38. The number of carboxylic acids is 3. The molecule has 0 bridgehead atoms. The Morgan fingerprint density at radius 1 is 0.411 bits per heavy atom. The lowest BCUT2D eigenvalue weighted by molar-refractivity contribution is -0.390. The first-order chi connectivity index (χ1) is 42.4. The number of aliphatic hydroxyl groups excluding tert-OH is 17. The van der Waals surface area contributed by atoms with Gasteiger partial charge in [0.15, 0.2) is 56.2 Å². The molecule has 42 heteroatoms. The number of carbonyl (C=O) groups excluding carboxylic acids is 2. The van der Waals surface area contributed by atoms with Crippen molar-refractivity contribution in [3.8, 4) is 0 Å². The van der Waals surface area contributed by atoms with Gasteiger partial charge in [-0.1, -0.05) is 0 Å². The Morgan fingerprint density at radius 2 is 0.778 bits per heavy atom. The van der Waals surface area contributed by atoms with Crippen LogP contribution in [0.4, 0.5) is 0 Å². The molecule has 0 aromatic carbocycles. The molecule has 35 atom stereocenters. The predicted octanol–water partition coefficient (Wildman–Crippen LogP) is -15.7. The summed E-state index contributed by atoms with van der Waals surface area (Å²) in [5.74, 6) is -7.19. The molecule has 0 saturated carbocycles. The smallest absolute Gasteiger partial charge is 0.335 e. The lowest BCUT2D eigenvalue weighted by Gasteiger charge is -2.50. The molecule has 0 radical (unpaired) electrons. The fourth-order valence-electron chi connectivity index (χ4n) is 10.8. The summed E-state index contributed by atoms with van der Waals surface area (Å²) in [6.45, 7) is -3.70. The van der Waals surface area contributed by atoms with E-state index in [9.17, 15) is 121 Å². The van der Waals surface area contributed by atoms with Gasteiger partial charge in [0.1, 0.15) is 159 Å². The second-order valence-corrected chi connectivity index (χ2v) is 21.9. The first kappa shape index (κ1) is 73.5. The Kier molecular flexibility index (Phi) is 25.8. The van der Waals surface area contributed by atoms with E-state index < -0.39 is 284 Å². The van der Waals surface area contributed by atoms with Crippen molar-refractivity contribution >= 4 is 29.7 Å². The fraction of sp³-hybridized carbons (Fsp3) is 0.896. The maximum Gasteiger partial charge on any atom is 0.335 e. The molecular weight excluding hydrogens is 1240 g/mol. The fourth-order valence-corrected chi connectivity index (χ4v) is 10.8. The number of carboxylic acid groups (broad SMARTS) is 3. The van der Waals surface area contributed by atoms with Gasteiger partial charge >= 0.3 is 17.9 Å². The third-order valence-corrected chi connectivity index (χ3v) is 15.7. The van der Waals surface area contributed by atoms with Gasteiger partial charge in [-0.3, -0.25) is 14.4 Å². The summed E-state index contributed by atoms with van der Waals surface area (Å²) in [6.07, 6.45) is -67.6. The zero-order chi connectivity index (χ0) is 66.7. The van der Waals surface area contributed by atoms with Gasteiger partial charge in [0.2, 0.25) is 11.8 Å². The summed E-state index contributed by atoms with van der Waals surface area (Å²) < 4.78 is 77.8. The first-order valence-corrected chi connectivity index (χ1v) is 27.7. The molecule has 7 heterocycles. The van der Waals surface area contributed by atoms with E-state index in [2.05, 4.69) is 10.6 Å². The second-order valence-electron chi connectivity index (χ2n) is 21.9. The molecule has 42 nitrogen and oxygen atoms in total. The molecule has 24 N–H and O–H groups in total. The van der Waals surface area contributed by atoms with Crippen LogP contribution in [-0.2, 0) is 90.3 Å². The largest absolute Gasteiger partial charge is 0.480 e. The van der Waals surface area contributed by atoms with Crippen LogP contribution in [0.1, 0.15) is 13.8 Å². The van der Waals surface area contributed by atoms with Gasteiger partial charge in [-0.05, 0) is 0 Å². The summed E-state index contributed by atoms with van der Waals surface area (Å²) in [5, 5.41) is 220. The Bertz CT molecular complexity index is 2380. The Balaban J connectivity index is 1.03. The van der Waals surface area contributed by atoms with Gasteiger partial charge in [-0.25, -0.2) is 9.59 Å². The van der Waals surface area contributed by atoms with Crippen molar-refractivity contribution < 1.29 is 192 Å². The van der Waals surface area contributed by atoms with Crippen molar-refractivity contribution in [2.75, 3.05) is 39.6 Å². The van der Waals surface area contributed by atoms with Crippen LogP contribution in [0.3, 0.4) is 0 Å². The van der Waals surface area contributed by atoms with Crippen LogP contribution in [-0.4, -0.2) is 386 Å². The van der Waals surface area contributed by atoms with E-state index >= 15 is 0 Å². The van der Waals surface area contributed by atoms with Crippen LogP contribution in [0.2, 0.25) is 0 Å². The molecule has 0 aromatic heterocycles. The number of nitrogens with two attached hydrogens (primary N) is 1. The second kappa shape index (κ2) is 31.5. The highest BCUT2D eigenvalue weighted by Gasteiger charge is 2.60. The molecule has 518 valence electrons. The Hall–Kier alpha value is -3.93. The van der Waals surface area contributed by atoms with Crippen LogP contribution in [0, 0.1) is 0 Å². The SMILES string of the molecule is CC(=O)N[C@H]1[C@@H](O[C@H]2[C@H](O)[C@@H](O)[C@H](O[C@H]3[C@@H](O)[C@@H](CO)O[C@@H](O[C@H]4[C@@H](O)[C@@H](CO)O[C@@H](O[C@@H]5CO[C@@H](OC[C@H](N)C(=O)O)[C@H](O)[C@H]5O)[C@@H]4O)[C@@H]3O)O[C@@H]2C(=O)O)O[C@H](CO)[C@@H](O[C@@H]2O[C@H](C(=O)O)[C@@H](O[C@H]3O[C@H](CO)[C@@H](O)[C@H](O)[C@H]3NC(C)=O)[C@H](O)[C@H]2O)[C@@H]1O. The van der Waals surface area contributed by atoms with Gasteiger partial charge in [0, 0.05) is 13.8 Å². The lowest BCUT2D eigenvalue weighted by atomic mass is 9.94. The number of aliphatic carboxylic acids is 3. The van der Waals surface area contributed by atoms with E-state index in [0.29, 0.717) is 0 Å². The quantitative estimate of drug-likeness (QED) is 0.0427. The molecular formula is C48H77N3O39. The van der Waals surface area contributed by atoms with Crippen molar-refractivity contribution in [2.24, 2.45) is 5.73 Å². The van der Waals surface area contributed by atoms with Crippen LogP contribution < -0.4 is 16.4 Å². The number of rotatable bonds is 24. The van der Waals surface area contributed by atoms with E-state index in [1.54, 1.807) is 0 Å². The van der Waals surface area contributed by atoms with E-state index in [1.165, 1.54) is 0 Å². The van der Waals surface area contributed by atoms with Crippen LogP contribution in [0.15, 0.2) is 0 Å². The Labute approximate surface area is 506 Å². The van der Waals surface area contributed by atoms with Crippen molar-refractivity contribution in [3.63, 3.8) is 0 Å². The summed E-state index contributed by atoms with van der Waals surface area (Å²) in [6, 6.07) is -5.22. The van der Waals surface area contributed by atoms with Crippen molar-refractivity contribution in [2.45, 2.75) is 229 Å². The van der Waals surface area contributed by atoms with E-state index in [1.807, 2.05) is 0 Å². The van der Waals surface area contributed by atoms with Gasteiger partial charge < -0.3 is 185 Å². The molecule has 0 aromatic rings. The number of aliphatic hydroxyl groups is 17. The summed E-state index contributed by atoms with van der Waals surface area (Å²) in [5.41, 5.74) is 5.41. The summed E-state index contributed by atoms with van der Waals surface area (Å²) >= 11 is 0. The maximum absolute atomic E-state index is 12.9. The summed E-state index contributed by atoms with van der Waals surface area (Å²) in [7, 11) is 0. The minimum atomic E-state index is -2.52. The third kappa shape index (κ3) is 16.1. The van der Waals surface area contributed by atoms with Crippen LogP contribution >= 0.6 is 0 Å². The van der Waals surface area contributed by atoms with Gasteiger partial charge in [-0.15, -0.1) is 0 Å². The van der Waals surface area contributed by atoms with Crippen LogP contribution in [0.5, 0.6) is 0 Å². The third-order valence-electron chi connectivity index (χ3n) is 15.7. The van der Waals surface area contributed by atoms with Crippen LogP contribution in [0.25, 0.3) is 0 Å². The van der Waals surface area contributed by atoms with Gasteiger partial charge in [0.05, 0.1) is 39.6 Å². The Morgan fingerprint density at radius 3 is 1.20 bits per heavy atom. The average molecular weight is 1320 g/mol. The average Bonchev–Trinajstić information content (AvgIpc) is 1.32. The number of hydrogen-bond acceptors (Lipinski definition) is 37. The van der Waals surface area contributed by atoms with Crippen molar-refractivity contribution in [1.29, 1.82) is 0 Å². The molecule has 2 amide bonds. The number of ether oxygens (including phenoxy) is 14. The van der Waals surface area contributed by atoms with E-state index in [4.69, 9.17) is 77.2 Å². The lowest BCUT2D eigenvalue weighted by Crippen LogP contribution is -2.70.